The van der Waals surface area contributed by atoms with Crippen molar-refractivity contribution >= 4 is 38.7 Å². The van der Waals surface area contributed by atoms with Crippen LogP contribution in [-0.4, -0.2) is 26.6 Å². The molecule has 0 unspecified atom stereocenters. The van der Waals surface area contributed by atoms with Crippen LogP contribution in [0.2, 0.25) is 0 Å². The fraction of sp³-hybridized carbons (Fsp3) is 0.167. The summed E-state index contributed by atoms with van der Waals surface area (Å²) in [6.45, 7) is 4.64. The first-order valence-corrected chi connectivity index (χ1v) is 9.73. The lowest BCUT2D eigenvalue weighted by Gasteiger charge is -2.19. The number of rotatable bonds is 5. The van der Waals surface area contributed by atoms with Gasteiger partial charge in [-0.1, -0.05) is 24.3 Å². The Bertz CT molecular complexity index is 893. The Labute approximate surface area is 153 Å². The van der Waals surface area contributed by atoms with Crippen LogP contribution in [0.25, 0.3) is 0 Å². The average Bonchev–Trinajstić information content (AvgIpc) is 3.05. The van der Waals surface area contributed by atoms with Gasteiger partial charge in [0.1, 0.15) is 0 Å². The summed E-state index contributed by atoms with van der Waals surface area (Å²) in [7, 11) is -3.57. The summed E-state index contributed by atoms with van der Waals surface area (Å²) in [5.74, 6) is 0. The summed E-state index contributed by atoms with van der Waals surface area (Å²) in [5.41, 5.74) is 2.55. The molecule has 7 heteroatoms. The van der Waals surface area contributed by atoms with Gasteiger partial charge in [-0.3, -0.25) is 4.31 Å². The van der Waals surface area contributed by atoms with Gasteiger partial charge in [-0.15, -0.1) is 6.58 Å². The molecule has 1 heterocycles. The van der Waals surface area contributed by atoms with E-state index in [2.05, 4.69) is 17.2 Å². The summed E-state index contributed by atoms with van der Waals surface area (Å²) in [5, 5.41) is 6.42. The molecule has 0 aromatic heterocycles. The maximum absolute atomic E-state index is 12.9. The van der Waals surface area contributed by atoms with Crippen LogP contribution in [0.5, 0.6) is 0 Å². The summed E-state index contributed by atoms with van der Waals surface area (Å²) < 4.78 is 27.3. The molecule has 0 radical (unpaired) electrons. The first-order chi connectivity index (χ1) is 12.0. The molecule has 2 aromatic rings. The van der Waals surface area contributed by atoms with Gasteiger partial charge in [0.15, 0.2) is 5.11 Å². The molecule has 1 aliphatic heterocycles. The quantitative estimate of drug-likeness (QED) is 0.623. The molecule has 25 heavy (non-hydrogen) atoms. The number of nitrogens with one attached hydrogen (secondary N) is 2. The van der Waals surface area contributed by atoms with E-state index in [1.807, 2.05) is 24.3 Å². The normalized spacial score (nSPS) is 13.2. The second kappa shape index (κ2) is 7.25. The van der Waals surface area contributed by atoms with Crippen LogP contribution in [0, 0.1) is 0 Å². The zero-order chi connectivity index (χ0) is 17.9. The predicted octanol–water partition coefficient (Wildman–Crippen LogP) is 2.91. The molecular formula is C18H19N3O2S2. The van der Waals surface area contributed by atoms with Crippen molar-refractivity contribution in [2.24, 2.45) is 0 Å². The smallest absolute Gasteiger partial charge is 0.264 e. The van der Waals surface area contributed by atoms with Crippen molar-refractivity contribution in [3.05, 3.63) is 66.7 Å². The lowest BCUT2D eigenvalue weighted by atomic mass is 10.2. The molecule has 1 aliphatic rings. The van der Waals surface area contributed by atoms with Gasteiger partial charge in [-0.05, 0) is 54.5 Å². The summed E-state index contributed by atoms with van der Waals surface area (Å²) >= 11 is 5.14. The first kappa shape index (κ1) is 17.4. The van der Waals surface area contributed by atoms with Crippen LogP contribution in [-0.2, 0) is 16.4 Å². The monoisotopic (exact) mass is 373 g/mol. The number of hydrogen-bond donors (Lipinski definition) is 2. The van der Waals surface area contributed by atoms with Crippen molar-refractivity contribution in [3.63, 3.8) is 0 Å². The molecule has 0 amide bonds. The van der Waals surface area contributed by atoms with E-state index >= 15 is 0 Å². The Morgan fingerprint density at radius 2 is 1.92 bits per heavy atom. The van der Waals surface area contributed by atoms with Gasteiger partial charge in [0.25, 0.3) is 10.0 Å². The average molecular weight is 374 g/mol. The zero-order valence-electron chi connectivity index (χ0n) is 13.6. The Balaban J connectivity index is 1.78. The molecule has 2 N–H and O–H groups in total. The largest absolute Gasteiger partial charge is 0.359 e. The predicted molar refractivity (Wildman–Crippen MR) is 106 cm³/mol. The minimum Gasteiger partial charge on any atom is -0.359 e. The Morgan fingerprint density at radius 3 is 2.64 bits per heavy atom. The van der Waals surface area contributed by atoms with Crippen molar-refractivity contribution in [2.75, 3.05) is 22.7 Å². The minimum atomic E-state index is -3.57. The second-order valence-corrected chi connectivity index (χ2v) is 7.87. The maximum Gasteiger partial charge on any atom is 0.264 e. The lowest BCUT2D eigenvalue weighted by molar-refractivity contribution is 0.592. The fourth-order valence-electron chi connectivity index (χ4n) is 2.74. The highest BCUT2D eigenvalue weighted by molar-refractivity contribution is 7.92. The van der Waals surface area contributed by atoms with E-state index in [1.54, 1.807) is 30.3 Å². The van der Waals surface area contributed by atoms with Crippen LogP contribution >= 0.6 is 12.2 Å². The number of fused-ring (bicyclic) bond motifs is 1. The van der Waals surface area contributed by atoms with E-state index < -0.39 is 10.0 Å². The van der Waals surface area contributed by atoms with Crippen LogP contribution < -0.4 is 14.9 Å². The standard InChI is InChI=1S/C18H19N3O2S2/c1-2-12-19-18(24)20-15-7-9-16(10-8-15)25(22,23)21-13-11-14-5-3-4-6-17(14)21/h2-10H,1,11-13H2,(H2,19,20,24). The fourth-order valence-corrected chi connectivity index (χ4v) is 4.44. The van der Waals surface area contributed by atoms with Crippen molar-refractivity contribution < 1.29 is 8.42 Å². The van der Waals surface area contributed by atoms with Gasteiger partial charge in [-0.25, -0.2) is 8.42 Å². The third kappa shape index (κ3) is 3.67. The van der Waals surface area contributed by atoms with E-state index in [9.17, 15) is 8.42 Å². The number of hydrogen-bond acceptors (Lipinski definition) is 3. The van der Waals surface area contributed by atoms with E-state index in [0.717, 1.165) is 23.4 Å². The van der Waals surface area contributed by atoms with Gasteiger partial charge in [0, 0.05) is 18.8 Å². The zero-order valence-corrected chi connectivity index (χ0v) is 15.2. The van der Waals surface area contributed by atoms with E-state index in [-0.39, 0.29) is 4.90 Å². The van der Waals surface area contributed by atoms with Crippen molar-refractivity contribution in [1.82, 2.24) is 5.32 Å². The van der Waals surface area contributed by atoms with Crippen LogP contribution in [0.3, 0.4) is 0 Å². The highest BCUT2D eigenvalue weighted by Gasteiger charge is 2.30. The molecule has 0 saturated heterocycles. The highest BCUT2D eigenvalue weighted by Crippen LogP contribution is 2.32. The van der Waals surface area contributed by atoms with Gasteiger partial charge in [-0.2, -0.15) is 0 Å². The Hall–Kier alpha value is -2.38. The van der Waals surface area contributed by atoms with Crippen LogP contribution in [0.4, 0.5) is 11.4 Å². The van der Waals surface area contributed by atoms with Crippen molar-refractivity contribution in [2.45, 2.75) is 11.3 Å². The maximum atomic E-state index is 12.9. The van der Waals surface area contributed by atoms with Gasteiger partial charge < -0.3 is 10.6 Å². The summed E-state index contributed by atoms with van der Waals surface area (Å²) in [4.78, 5) is 0.264. The molecule has 0 spiro atoms. The minimum absolute atomic E-state index is 0.264. The van der Waals surface area contributed by atoms with Crippen LogP contribution in [0.1, 0.15) is 5.56 Å². The molecule has 130 valence electrons. The van der Waals surface area contributed by atoms with Crippen molar-refractivity contribution in [1.29, 1.82) is 0 Å². The number of nitrogens with zero attached hydrogens (tertiary/aromatic N) is 1. The SMILES string of the molecule is C=CCNC(=S)Nc1ccc(S(=O)(=O)N2CCc3ccccc32)cc1. The molecular weight excluding hydrogens is 354 g/mol. The number of sulfonamides is 1. The number of benzene rings is 2. The van der Waals surface area contributed by atoms with Crippen molar-refractivity contribution in [3.8, 4) is 0 Å². The molecule has 0 atom stereocenters. The van der Waals surface area contributed by atoms with E-state index in [4.69, 9.17) is 12.2 Å². The van der Waals surface area contributed by atoms with Gasteiger partial charge in [0.2, 0.25) is 0 Å². The second-order valence-electron chi connectivity index (χ2n) is 5.60. The molecule has 0 saturated carbocycles. The van der Waals surface area contributed by atoms with Gasteiger partial charge >= 0.3 is 0 Å². The highest BCUT2D eigenvalue weighted by atomic mass is 32.2. The van der Waals surface area contributed by atoms with Gasteiger partial charge in [0.05, 0.1) is 10.6 Å². The molecule has 0 aliphatic carbocycles. The Kier molecular flexibility index (Phi) is 5.06. The molecule has 3 rings (SSSR count). The summed E-state index contributed by atoms with van der Waals surface area (Å²) in [6.07, 6.45) is 2.44. The molecule has 2 aromatic carbocycles. The third-order valence-corrected chi connectivity index (χ3v) is 6.03. The van der Waals surface area contributed by atoms with Crippen LogP contribution in [0.15, 0.2) is 66.1 Å². The van der Waals surface area contributed by atoms with E-state index in [0.29, 0.717) is 18.2 Å². The molecule has 0 bridgehead atoms. The number of anilines is 2. The molecule has 5 nitrogen and oxygen atoms in total. The van der Waals surface area contributed by atoms with E-state index in [1.165, 1.54) is 4.31 Å². The Morgan fingerprint density at radius 1 is 1.20 bits per heavy atom. The topological polar surface area (TPSA) is 61.4 Å². The molecule has 0 fully saturated rings. The summed E-state index contributed by atoms with van der Waals surface area (Å²) in [6, 6.07) is 14.2. The number of thiocarbonyl (C=S) groups is 1. The third-order valence-electron chi connectivity index (χ3n) is 3.95. The number of para-hydroxylation sites is 1. The first-order valence-electron chi connectivity index (χ1n) is 7.89. The lowest BCUT2D eigenvalue weighted by Crippen LogP contribution is -2.29.